The summed E-state index contributed by atoms with van der Waals surface area (Å²) in [6.07, 6.45) is 1.66. The van der Waals surface area contributed by atoms with Crippen LogP contribution in [0, 0.1) is 13.8 Å². The van der Waals surface area contributed by atoms with Gasteiger partial charge in [0.15, 0.2) is 10.9 Å². The molecule has 0 aliphatic heterocycles. The summed E-state index contributed by atoms with van der Waals surface area (Å²) in [6, 6.07) is 15.4. The van der Waals surface area contributed by atoms with Gasteiger partial charge < -0.3 is 9.88 Å². The molecular formula is C20H19N7OS. The Morgan fingerprint density at radius 1 is 1.00 bits per heavy atom. The van der Waals surface area contributed by atoms with Crippen molar-refractivity contribution < 1.29 is 4.79 Å². The van der Waals surface area contributed by atoms with E-state index >= 15 is 0 Å². The van der Waals surface area contributed by atoms with Crippen LogP contribution in [0.1, 0.15) is 21.7 Å². The highest BCUT2D eigenvalue weighted by Crippen LogP contribution is 2.26. The van der Waals surface area contributed by atoms with Gasteiger partial charge in [0.25, 0.3) is 5.91 Å². The summed E-state index contributed by atoms with van der Waals surface area (Å²) >= 11 is 1.50. The predicted octanol–water partition coefficient (Wildman–Crippen LogP) is 3.42. The summed E-state index contributed by atoms with van der Waals surface area (Å²) in [6.45, 7) is 3.85. The summed E-state index contributed by atoms with van der Waals surface area (Å²) in [5.41, 5.74) is 3.68. The van der Waals surface area contributed by atoms with Crippen LogP contribution < -0.4 is 5.32 Å². The molecule has 4 rings (SSSR count). The molecule has 0 saturated heterocycles. The van der Waals surface area contributed by atoms with Gasteiger partial charge in [-0.25, -0.2) is 4.68 Å². The van der Waals surface area contributed by atoms with E-state index in [4.69, 9.17) is 0 Å². The maximum absolute atomic E-state index is 12.7. The lowest BCUT2D eigenvalue weighted by Crippen LogP contribution is -2.14. The average Bonchev–Trinajstić information content (AvgIpc) is 3.30. The molecule has 0 bridgehead atoms. The molecule has 0 aliphatic rings. The highest BCUT2D eigenvalue weighted by Gasteiger charge is 2.17. The number of hydrogen-bond acceptors (Lipinski definition) is 6. The van der Waals surface area contributed by atoms with Crippen molar-refractivity contribution in [1.29, 1.82) is 0 Å². The Kier molecular flexibility index (Phi) is 5.13. The van der Waals surface area contributed by atoms with E-state index in [-0.39, 0.29) is 5.91 Å². The van der Waals surface area contributed by atoms with E-state index in [0.717, 1.165) is 21.3 Å². The van der Waals surface area contributed by atoms with Gasteiger partial charge in [0.05, 0.1) is 11.4 Å². The molecule has 2 aromatic carbocycles. The first-order valence-corrected chi connectivity index (χ1v) is 9.75. The lowest BCUT2D eigenvalue weighted by Gasteiger charge is -2.06. The molecule has 8 nitrogen and oxygen atoms in total. The number of carbonyl (C=O) groups is 1. The van der Waals surface area contributed by atoms with Crippen LogP contribution in [0.4, 0.5) is 5.69 Å². The SMILES string of the molecule is Cc1ccc(-n2nnc(C(=O)Nc3ccc(Sc4nncn4C)cc3)c2C)cc1. The fourth-order valence-electron chi connectivity index (χ4n) is 2.74. The van der Waals surface area contributed by atoms with Gasteiger partial charge in [-0.15, -0.1) is 15.3 Å². The van der Waals surface area contributed by atoms with E-state index in [2.05, 4.69) is 25.8 Å². The molecule has 0 spiro atoms. The van der Waals surface area contributed by atoms with Gasteiger partial charge in [-0.2, -0.15) is 0 Å². The normalized spacial score (nSPS) is 10.9. The maximum atomic E-state index is 12.7. The van der Waals surface area contributed by atoms with Crippen molar-refractivity contribution in [2.75, 3.05) is 5.32 Å². The molecule has 0 atom stereocenters. The second kappa shape index (κ2) is 7.88. The molecule has 0 aliphatic carbocycles. The minimum absolute atomic E-state index is 0.295. The quantitative estimate of drug-likeness (QED) is 0.547. The molecule has 0 unspecified atom stereocenters. The number of aromatic nitrogens is 6. The first kappa shape index (κ1) is 18.9. The monoisotopic (exact) mass is 405 g/mol. The predicted molar refractivity (Wildman–Crippen MR) is 110 cm³/mol. The molecule has 2 aromatic heterocycles. The van der Waals surface area contributed by atoms with Crippen LogP contribution in [0.25, 0.3) is 5.69 Å². The van der Waals surface area contributed by atoms with Crippen molar-refractivity contribution in [2.45, 2.75) is 23.9 Å². The van der Waals surface area contributed by atoms with Gasteiger partial charge in [-0.3, -0.25) is 4.79 Å². The Labute approximate surface area is 172 Å². The Balaban J connectivity index is 1.47. The number of nitrogens with zero attached hydrogens (tertiary/aromatic N) is 6. The van der Waals surface area contributed by atoms with Crippen LogP contribution in [0.2, 0.25) is 0 Å². The summed E-state index contributed by atoms with van der Waals surface area (Å²) in [4.78, 5) is 13.7. The standard InChI is InChI=1S/C20H19N7OS/c1-13-4-8-16(9-5-13)27-14(2)18(23-25-27)19(28)22-15-6-10-17(11-7-15)29-20-24-21-12-26(20)3/h4-12H,1-3H3,(H,22,28). The zero-order valence-electron chi connectivity index (χ0n) is 16.2. The third-order valence-corrected chi connectivity index (χ3v) is 5.44. The van der Waals surface area contributed by atoms with E-state index in [1.807, 2.05) is 74.0 Å². The molecule has 0 fully saturated rings. The molecular weight excluding hydrogens is 386 g/mol. The molecule has 0 radical (unpaired) electrons. The van der Waals surface area contributed by atoms with Crippen molar-refractivity contribution in [3.05, 3.63) is 71.8 Å². The number of rotatable bonds is 5. The maximum Gasteiger partial charge on any atom is 0.278 e. The molecule has 2 heterocycles. The number of aryl methyl sites for hydroxylation is 2. The van der Waals surface area contributed by atoms with Crippen LogP contribution >= 0.6 is 11.8 Å². The number of nitrogens with one attached hydrogen (secondary N) is 1. The molecule has 4 aromatic rings. The Bertz CT molecular complexity index is 1150. The number of amides is 1. The zero-order valence-corrected chi connectivity index (χ0v) is 17.0. The summed E-state index contributed by atoms with van der Waals surface area (Å²) in [7, 11) is 1.89. The smallest absolute Gasteiger partial charge is 0.278 e. The van der Waals surface area contributed by atoms with Gasteiger partial charge in [0.1, 0.15) is 6.33 Å². The number of benzene rings is 2. The molecule has 9 heteroatoms. The summed E-state index contributed by atoms with van der Waals surface area (Å²) in [5.74, 6) is -0.297. The second-order valence-electron chi connectivity index (χ2n) is 6.58. The van der Waals surface area contributed by atoms with E-state index in [9.17, 15) is 4.79 Å². The number of carbonyl (C=O) groups excluding carboxylic acids is 1. The van der Waals surface area contributed by atoms with E-state index in [1.165, 1.54) is 11.8 Å². The van der Waals surface area contributed by atoms with E-state index in [0.29, 0.717) is 17.1 Å². The highest BCUT2D eigenvalue weighted by molar-refractivity contribution is 7.99. The number of hydrogen-bond donors (Lipinski definition) is 1. The van der Waals surface area contributed by atoms with Crippen LogP contribution in [0.15, 0.2) is 64.9 Å². The third-order valence-electron chi connectivity index (χ3n) is 4.38. The lowest BCUT2D eigenvalue weighted by molar-refractivity contribution is 0.102. The zero-order chi connectivity index (χ0) is 20.4. The minimum Gasteiger partial charge on any atom is -0.321 e. The Morgan fingerprint density at radius 2 is 1.72 bits per heavy atom. The first-order valence-electron chi connectivity index (χ1n) is 8.94. The van der Waals surface area contributed by atoms with Crippen molar-refractivity contribution >= 4 is 23.4 Å². The first-order chi connectivity index (χ1) is 14.0. The topological polar surface area (TPSA) is 90.5 Å². The molecule has 29 heavy (non-hydrogen) atoms. The van der Waals surface area contributed by atoms with Crippen LogP contribution in [0.5, 0.6) is 0 Å². The van der Waals surface area contributed by atoms with Crippen molar-refractivity contribution in [2.24, 2.45) is 7.05 Å². The minimum atomic E-state index is -0.297. The summed E-state index contributed by atoms with van der Waals surface area (Å²) < 4.78 is 3.51. The lowest BCUT2D eigenvalue weighted by atomic mass is 10.2. The Hall–Kier alpha value is -3.46. The van der Waals surface area contributed by atoms with Gasteiger partial charge in [0, 0.05) is 17.6 Å². The highest BCUT2D eigenvalue weighted by atomic mass is 32.2. The molecule has 1 N–H and O–H groups in total. The summed E-state index contributed by atoms with van der Waals surface area (Å²) in [5, 5.41) is 19.8. The average molecular weight is 405 g/mol. The van der Waals surface area contributed by atoms with Crippen LogP contribution in [-0.4, -0.2) is 35.7 Å². The van der Waals surface area contributed by atoms with E-state index < -0.39 is 0 Å². The van der Waals surface area contributed by atoms with Gasteiger partial charge in [0.2, 0.25) is 0 Å². The van der Waals surface area contributed by atoms with Gasteiger partial charge in [-0.05, 0) is 62.0 Å². The molecule has 146 valence electrons. The van der Waals surface area contributed by atoms with Crippen molar-refractivity contribution in [1.82, 2.24) is 29.8 Å². The van der Waals surface area contributed by atoms with Crippen LogP contribution in [0.3, 0.4) is 0 Å². The molecule has 1 amide bonds. The molecule has 0 saturated carbocycles. The van der Waals surface area contributed by atoms with Crippen molar-refractivity contribution in [3.8, 4) is 5.69 Å². The van der Waals surface area contributed by atoms with Gasteiger partial charge in [-0.1, -0.05) is 22.9 Å². The van der Waals surface area contributed by atoms with Crippen LogP contribution in [-0.2, 0) is 7.05 Å². The van der Waals surface area contributed by atoms with Crippen molar-refractivity contribution in [3.63, 3.8) is 0 Å². The third kappa shape index (κ3) is 4.04. The van der Waals surface area contributed by atoms with E-state index in [1.54, 1.807) is 11.0 Å². The fraction of sp³-hybridized carbons (Fsp3) is 0.150. The largest absolute Gasteiger partial charge is 0.321 e. The number of anilines is 1. The second-order valence-corrected chi connectivity index (χ2v) is 7.62. The Morgan fingerprint density at radius 3 is 2.38 bits per heavy atom. The fourth-order valence-corrected chi connectivity index (χ4v) is 3.50. The van der Waals surface area contributed by atoms with Gasteiger partial charge >= 0.3 is 0 Å².